The second-order valence-corrected chi connectivity index (χ2v) is 13.0. The molecule has 8 N–H and O–H groups in total. The third kappa shape index (κ3) is 7.26. The van der Waals surface area contributed by atoms with E-state index in [1.165, 1.54) is 19.2 Å². The van der Waals surface area contributed by atoms with Crippen LogP contribution in [-0.4, -0.2) is 93.0 Å². The van der Waals surface area contributed by atoms with Crippen LogP contribution in [0, 0.1) is 0 Å². The van der Waals surface area contributed by atoms with Crippen molar-refractivity contribution in [3.05, 3.63) is 41.4 Å². The summed E-state index contributed by atoms with van der Waals surface area (Å²) in [5.74, 6) is -2.43. The van der Waals surface area contributed by atoms with Crippen LogP contribution in [0.2, 0.25) is 0 Å². The summed E-state index contributed by atoms with van der Waals surface area (Å²) in [5.41, 5.74) is 10.2. The number of thiazole rings is 1. The highest BCUT2D eigenvalue weighted by molar-refractivity contribution is 7.80. The van der Waals surface area contributed by atoms with Gasteiger partial charge < -0.3 is 36.8 Å². The number of pyridine rings is 1. The molecule has 1 unspecified atom stereocenters. The molecule has 2 fully saturated rings. The molecule has 2 aliphatic rings. The molecule has 1 saturated carbocycles. The van der Waals surface area contributed by atoms with Gasteiger partial charge in [-0.05, 0) is 57.0 Å². The lowest BCUT2D eigenvalue weighted by molar-refractivity contribution is -0.218. The van der Waals surface area contributed by atoms with E-state index in [1.54, 1.807) is 18.2 Å². The maximum atomic E-state index is 13.2. The van der Waals surface area contributed by atoms with Crippen LogP contribution in [0.1, 0.15) is 32.4 Å². The topological polar surface area (TPSA) is 271 Å². The molecule has 5 rings (SSSR count). The number of amides is 2. The molecule has 0 bridgehead atoms. The fraction of sp³-hybridized carbons (Fsp3) is 0.385. The first-order valence-corrected chi connectivity index (χ1v) is 15.9. The molecule has 2 atom stereocenters. The number of hydroxylamine groups is 2. The number of nitrogens with two attached hydrogens (primary N) is 2. The number of carbonyl (C=O) groups is 3. The van der Waals surface area contributed by atoms with Gasteiger partial charge in [-0.25, -0.2) is 14.8 Å². The first-order valence-electron chi connectivity index (χ1n) is 13.7. The molecule has 2 amide bonds. The van der Waals surface area contributed by atoms with Crippen molar-refractivity contribution < 1.29 is 46.3 Å². The highest BCUT2D eigenvalue weighted by Gasteiger charge is 2.58. The Bertz CT molecular complexity index is 1810. The van der Waals surface area contributed by atoms with Gasteiger partial charge in [0.2, 0.25) is 0 Å². The first kappa shape index (κ1) is 32.8. The Hall–Kier alpha value is -4.63. The van der Waals surface area contributed by atoms with E-state index in [1.807, 2.05) is 12.1 Å². The first-order chi connectivity index (χ1) is 21.6. The van der Waals surface area contributed by atoms with E-state index in [0.29, 0.717) is 22.1 Å². The fourth-order valence-corrected chi connectivity index (χ4v) is 5.72. The SMILES string of the molecule is CC1(C)[C@H](NC(=O)/C(=N\OC(COc2ccc3nc(NC4CC(N)C4)ccc3c2)C(=O)O)c2csc(N)n2)C(=O)N1OS(=O)(=O)O. The summed E-state index contributed by atoms with van der Waals surface area (Å²) in [6, 6.07) is 7.84. The molecule has 3 aromatic rings. The van der Waals surface area contributed by atoms with E-state index in [2.05, 4.69) is 30.0 Å². The van der Waals surface area contributed by atoms with Crippen molar-refractivity contribution in [3.63, 3.8) is 0 Å². The van der Waals surface area contributed by atoms with Crippen molar-refractivity contribution in [3.8, 4) is 5.75 Å². The lowest BCUT2D eigenvalue weighted by atomic mass is 9.84. The predicted molar refractivity (Wildman–Crippen MR) is 163 cm³/mol. The van der Waals surface area contributed by atoms with E-state index in [-0.39, 0.29) is 22.9 Å². The Labute approximate surface area is 265 Å². The van der Waals surface area contributed by atoms with Crippen molar-refractivity contribution in [2.75, 3.05) is 17.7 Å². The standard InChI is InChI=1S/C26H30N8O10S2/c1-26(2)21(23(36)34(26)44-46(39,40)41)32-22(35)20(17-11-45-25(28)31-17)33-43-18(24(37)38)10-42-15-4-5-16-12(7-15)3-6-19(30-16)29-14-8-13(27)9-14/h3-7,11,13-14,18,21H,8-10,27H2,1-2H3,(H2,28,31)(H,29,30)(H,32,35)(H,37,38)(H,39,40,41)/b33-20-/t13?,14?,18?,21-/m1/s1. The van der Waals surface area contributed by atoms with Crippen LogP contribution in [0.15, 0.2) is 40.9 Å². The van der Waals surface area contributed by atoms with E-state index >= 15 is 0 Å². The Morgan fingerprint density at radius 2 is 1.98 bits per heavy atom. The van der Waals surface area contributed by atoms with Crippen LogP contribution in [-0.2, 0) is 33.9 Å². The van der Waals surface area contributed by atoms with Gasteiger partial charge >= 0.3 is 16.4 Å². The molecule has 1 saturated heterocycles. The minimum absolute atomic E-state index is 0.0577. The smallest absolute Gasteiger partial charge is 0.418 e. The molecule has 18 nitrogen and oxygen atoms in total. The van der Waals surface area contributed by atoms with Gasteiger partial charge in [-0.2, -0.15) is 13.5 Å². The summed E-state index contributed by atoms with van der Waals surface area (Å²) in [4.78, 5) is 51.4. The van der Waals surface area contributed by atoms with Gasteiger partial charge in [0.25, 0.3) is 17.9 Å². The highest BCUT2D eigenvalue weighted by Crippen LogP contribution is 2.33. The summed E-state index contributed by atoms with van der Waals surface area (Å²) >= 11 is 0.958. The number of nitrogens with zero attached hydrogens (tertiary/aromatic N) is 4. The number of hydrogen-bond acceptors (Lipinski definition) is 15. The predicted octanol–water partition coefficient (Wildman–Crippen LogP) is 0.268. The number of nitrogen functional groups attached to an aromatic ring is 1. The lowest BCUT2D eigenvalue weighted by Crippen LogP contribution is -2.76. The molecule has 0 radical (unpaired) electrons. The van der Waals surface area contributed by atoms with Crippen molar-refractivity contribution in [2.24, 2.45) is 10.9 Å². The average molecular weight is 679 g/mol. The fourth-order valence-electron chi connectivity index (χ4n) is 4.72. The average Bonchev–Trinajstić information content (AvgIpc) is 3.40. The van der Waals surface area contributed by atoms with Gasteiger partial charge in [0, 0.05) is 22.8 Å². The van der Waals surface area contributed by atoms with Gasteiger partial charge in [-0.15, -0.1) is 15.6 Å². The summed E-state index contributed by atoms with van der Waals surface area (Å²) in [7, 11) is -5.02. The molecule has 46 heavy (non-hydrogen) atoms. The maximum Gasteiger partial charge on any atom is 0.418 e. The summed E-state index contributed by atoms with van der Waals surface area (Å²) in [5, 5.41) is 21.7. The molecular weight excluding hydrogens is 648 g/mol. The van der Waals surface area contributed by atoms with Gasteiger partial charge in [0.05, 0.1) is 11.1 Å². The minimum atomic E-state index is -5.02. The van der Waals surface area contributed by atoms with E-state index in [9.17, 15) is 27.9 Å². The van der Waals surface area contributed by atoms with Crippen LogP contribution in [0.5, 0.6) is 5.75 Å². The Morgan fingerprint density at radius 1 is 1.24 bits per heavy atom. The van der Waals surface area contributed by atoms with Crippen LogP contribution < -0.4 is 26.8 Å². The van der Waals surface area contributed by atoms with Crippen LogP contribution in [0.25, 0.3) is 10.9 Å². The molecule has 20 heteroatoms. The second-order valence-electron chi connectivity index (χ2n) is 11.1. The molecule has 1 aliphatic heterocycles. The third-order valence-corrected chi connectivity index (χ3v) is 8.25. The Morgan fingerprint density at radius 3 is 2.59 bits per heavy atom. The number of anilines is 2. The van der Waals surface area contributed by atoms with Crippen LogP contribution in [0.3, 0.4) is 0 Å². The molecule has 0 spiro atoms. The van der Waals surface area contributed by atoms with Crippen molar-refractivity contribution >= 4 is 67.1 Å². The Balaban J connectivity index is 1.26. The van der Waals surface area contributed by atoms with Crippen LogP contribution >= 0.6 is 11.3 Å². The third-order valence-electron chi connectivity index (χ3n) is 7.24. The quantitative estimate of drug-likeness (QED) is 0.0613. The number of carboxylic acids is 1. The van der Waals surface area contributed by atoms with Crippen molar-refractivity contribution in [1.82, 2.24) is 20.3 Å². The number of aromatic nitrogens is 2. The maximum absolute atomic E-state index is 13.2. The van der Waals surface area contributed by atoms with Gasteiger partial charge in [-0.3, -0.25) is 14.1 Å². The van der Waals surface area contributed by atoms with E-state index in [4.69, 9.17) is 25.6 Å². The number of benzene rings is 1. The van der Waals surface area contributed by atoms with Crippen LogP contribution in [0.4, 0.5) is 10.9 Å². The number of ether oxygens (including phenoxy) is 1. The summed E-state index contributed by atoms with van der Waals surface area (Å²) in [6.07, 6.45) is 0.0625. The van der Waals surface area contributed by atoms with E-state index < -0.39 is 58.2 Å². The molecular formula is C26H30N8O10S2. The highest BCUT2D eigenvalue weighted by atomic mass is 32.3. The van der Waals surface area contributed by atoms with Crippen molar-refractivity contribution in [1.29, 1.82) is 0 Å². The van der Waals surface area contributed by atoms with Gasteiger partial charge in [0.15, 0.2) is 10.8 Å². The number of nitrogens with one attached hydrogen (secondary N) is 2. The molecule has 2 aromatic heterocycles. The lowest BCUT2D eigenvalue weighted by Gasteiger charge is -2.50. The number of β-lactam (4-membered cyclic amide) rings is 1. The zero-order chi connectivity index (χ0) is 33.4. The number of aliphatic carboxylic acids is 1. The number of carboxylic acid groups (broad SMARTS) is 1. The minimum Gasteiger partial charge on any atom is -0.489 e. The largest absolute Gasteiger partial charge is 0.489 e. The van der Waals surface area contributed by atoms with Gasteiger partial charge in [-0.1, -0.05) is 5.16 Å². The number of fused-ring (bicyclic) bond motifs is 1. The number of carbonyl (C=O) groups excluding carboxylic acids is 2. The summed E-state index contributed by atoms with van der Waals surface area (Å²) < 4.78 is 41.1. The second kappa shape index (κ2) is 12.6. The molecule has 246 valence electrons. The van der Waals surface area contributed by atoms with E-state index in [0.717, 1.165) is 29.6 Å². The Kier molecular flexibility index (Phi) is 9.00. The summed E-state index contributed by atoms with van der Waals surface area (Å²) in [6.45, 7) is 2.21. The number of oxime groups is 1. The normalized spacial score (nSPS) is 21.6. The molecule has 3 heterocycles. The monoisotopic (exact) mass is 678 g/mol. The zero-order valence-corrected chi connectivity index (χ0v) is 25.9. The number of rotatable bonds is 13. The van der Waals surface area contributed by atoms with Crippen molar-refractivity contribution in [2.45, 2.75) is 56.5 Å². The van der Waals surface area contributed by atoms with Gasteiger partial charge in [0.1, 0.15) is 29.9 Å². The molecule has 1 aromatic carbocycles. The number of hydrogen-bond donors (Lipinski definition) is 6. The molecule has 1 aliphatic carbocycles. The zero-order valence-electron chi connectivity index (χ0n) is 24.3.